The van der Waals surface area contributed by atoms with E-state index in [9.17, 15) is 0 Å². The Hall–Kier alpha value is -1.02. The van der Waals surface area contributed by atoms with Gasteiger partial charge < -0.3 is 10.1 Å². The highest BCUT2D eigenvalue weighted by molar-refractivity contribution is 5.29. The Morgan fingerprint density at radius 2 is 1.67 bits per heavy atom. The van der Waals surface area contributed by atoms with Crippen molar-refractivity contribution in [2.45, 2.75) is 64.6 Å². The summed E-state index contributed by atoms with van der Waals surface area (Å²) in [6.07, 6.45) is 5.51. The summed E-state index contributed by atoms with van der Waals surface area (Å²) in [4.78, 5) is 0. The van der Waals surface area contributed by atoms with Crippen LogP contribution in [0.2, 0.25) is 0 Å². The first-order valence-electron chi connectivity index (χ1n) is 7.18. The van der Waals surface area contributed by atoms with Crippen LogP contribution in [0.15, 0.2) is 24.3 Å². The van der Waals surface area contributed by atoms with Crippen LogP contribution < -0.4 is 10.1 Å². The molecule has 1 fully saturated rings. The van der Waals surface area contributed by atoms with Gasteiger partial charge in [0.1, 0.15) is 5.75 Å². The third kappa shape index (κ3) is 3.74. The lowest BCUT2D eigenvalue weighted by molar-refractivity contribution is 0.210. The Kier molecular flexibility index (Phi) is 4.65. The van der Waals surface area contributed by atoms with E-state index in [0.717, 1.165) is 5.75 Å². The molecule has 2 rings (SSSR count). The van der Waals surface area contributed by atoms with E-state index in [1.807, 2.05) is 0 Å². The molecule has 2 heteroatoms. The van der Waals surface area contributed by atoms with Crippen LogP contribution in [0.5, 0.6) is 5.75 Å². The van der Waals surface area contributed by atoms with Gasteiger partial charge in [-0.25, -0.2) is 0 Å². The molecule has 1 N–H and O–H groups in total. The van der Waals surface area contributed by atoms with E-state index >= 15 is 0 Å². The number of hydrogen-bond donors (Lipinski definition) is 1. The van der Waals surface area contributed by atoms with Gasteiger partial charge in [-0.2, -0.15) is 0 Å². The largest absolute Gasteiger partial charge is 0.490 e. The van der Waals surface area contributed by atoms with Crippen LogP contribution in [0.3, 0.4) is 0 Å². The Labute approximate surface area is 111 Å². The van der Waals surface area contributed by atoms with E-state index < -0.39 is 0 Å². The average molecular weight is 247 g/mol. The molecular formula is C16H25NO. The lowest BCUT2D eigenvalue weighted by Crippen LogP contribution is -2.25. The Bertz CT molecular complexity index is 352. The second kappa shape index (κ2) is 6.24. The van der Waals surface area contributed by atoms with Crippen molar-refractivity contribution in [3.63, 3.8) is 0 Å². The van der Waals surface area contributed by atoms with Crippen molar-refractivity contribution in [2.75, 3.05) is 0 Å². The van der Waals surface area contributed by atoms with E-state index in [1.165, 1.54) is 31.2 Å². The summed E-state index contributed by atoms with van der Waals surface area (Å²) in [5, 5.41) is 3.51. The second-order valence-corrected chi connectivity index (χ2v) is 5.64. The molecule has 1 aliphatic carbocycles. The molecule has 0 bridgehead atoms. The fraction of sp³-hybridized carbons (Fsp3) is 0.625. The normalized spacial score (nSPS) is 18.2. The molecule has 1 saturated carbocycles. The van der Waals surface area contributed by atoms with Gasteiger partial charge in [0.05, 0.1) is 6.10 Å². The van der Waals surface area contributed by atoms with Crippen molar-refractivity contribution in [1.82, 2.24) is 5.32 Å². The van der Waals surface area contributed by atoms with Crippen molar-refractivity contribution < 1.29 is 4.74 Å². The van der Waals surface area contributed by atoms with E-state index in [1.54, 1.807) is 0 Å². The van der Waals surface area contributed by atoms with Crippen LogP contribution in [-0.2, 0) is 0 Å². The number of rotatable bonds is 5. The van der Waals surface area contributed by atoms with Gasteiger partial charge in [-0.1, -0.05) is 26.0 Å². The van der Waals surface area contributed by atoms with Crippen LogP contribution in [-0.4, -0.2) is 12.1 Å². The fourth-order valence-corrected chi connectivity index (χ4v) is 2.63. The SMILES string of the molecule is CC(C)NC(C)c1ccc(OC2CCCC2)cc1. The van der Waals surface area contributed by atoms with Crippen LogP contribution >= 0.6 is 0 Å². The van der Waals surface area contributed by atoms with Crippen LogP contribution in [0.25, 0.3) is 0 Å². The third-order valence-electron chi connectivity index (χ3n) is 3.57. The highest BCUT2D eigenvalue weighted by Crippen LogP contribution is 2.25. The maximum absolute atomic E-state index is 5.97. The predicted molar refractivity (Wildman–Crippen MR) is 76.0 cm³/mol. The van der Waals surface area contributed by atoms with E-state index in [0.29, 0.717) is 18.2 Å². The van der Waals surface area contributed by atoms with Gasteiger partial charge in [-0.05, 0) is 50.3 Å². The summed E-state index contributed by atoms with van der Waals surface area (Å²) in [6.45, 7) is 6.55. The van der Waals surface area contributed by atoms with E-state index in [4.69, 9.17) is 4.74 Å². The maximum Gasteiger partial charge on any atom is 0.119 e. The van der Waals surface area contributed by atoms with Crippen molar-refractivity contribution in [3.8, 4) is 5.75 Å². The molecule has 18 heavy (non-hydrogen) atoms. The summed E-state index contributed by atoms with van der Waals surface area (Å²) in [5.74, 6) is 1.02. The molecule has 0 amide bonds. The molecule has 2 nitrogen and oxygen atoms in total. The zero-order chi connectivity index (χ0) is 13.0. The smallest absolute Gasteiger partial charge is 0.119 e. The third-order valence-corrected chi connectivity index (χ3v) is 3.57. The summed E-state index contributed by atoms with van der Waals surface area (Å²) in [5.41, 5.74) is 1.32. The molecule has 100 valence electrons. The van der Waals surface area contributed by atoms with Crippen molar-refractivity contribution >= 4 is 0 Å². The van der Waals surface area contributed by atoms with E-state index in [-0.39, 0.29) is 0 Å². The van der Waals surface area contributed by atoms with Gasteiger partial charge in [-0.15, -0.1) is 0 Å². The monoisotopic (exact) mass is 247 g/mol. The Morgan fingerprint density at radius 1 is 1.06 bits per heavy atom. The lowest BCUT2D eigenvalue weighted by atomic mass is 10.1. The summed E-state index contributed by atoms with van der Waals surface area (Å²) in [7, 11) is 0. The van der Waals surface area contributed by atoms with Gasteiger partial charge in [-0.3, -0.25) is 0 Å². The minimum atomic E-state index is 0.394. The number of hydrogen-bond acceptors (Lipinski definition) is 2. The molecular weight excluding hydrogens is 222 g/mol. The predicted octanol–water partition coefficient (Wildman–Crippen LogP) is 4.07. The zero-order valence-corrected chi connectivity index (χ0v) is 11.8. The topological polar surface area (TPSA) is 21.3 Å². The minimum absolute atomic E-state index is 0.394. The molecule has 0 radical (unpaired) electrons. The average Bonchev–Trinajstić information content (AvgIpc) is 2.82. The van der Waals surface area contributed by atoms with Gasteiger partial charge in [0.25, 0.3) is 0 Å². The molecule has 1 aliphatic rings. The second-order valence-electron chi connectivity index (χ2n) is 5.64. The maximum atomic E-state index is 5.97. The fourth-order valence-electron chi connectivity index (χ4n) is 2.63. The van der Waals surface area contributed by atoms with Crippen molar-refractivity contribution in [1.29, 1.82) is 0 Å². The van der Waals surface area contributed by atoms with Crippen LogP contribution in [0, 0.1) is 0 Å². The molecule has 0 spiro atoms. The Morgan fingerprint density at radius 3 is 2.22 bits per heavy atom. The minimum Gasteiger partial charge on any atom is -0.490 e. The molecule has 0 heterocycles. The summed E-state index contributed by atoms with van der Waals surface area (Å²) < 4.78 is 5.97. The highest BCUT2D eigenvalue weighted by atomic mass is 16.5. The zero-order valence-electron chi connectivity index (χ0n) is 11.8. The van der Waals surface area contributed by atoms with Crippen molar-refractivity contribution in [2.24, 2.45) is 0 Å². The molecule has 0 aromatic heterocycles. The summed E-state index contributed by atoms with van der Waals surface area (Å²) in [6, 6.07) is 9.45. The summed E-state index contributed by atoms with van der Waals surface area (Å²) >= 11 is 0. The van der Waals surface area contributed by atoms with Gasteiger partial charge in [0, 0.05) is 12.1 Å². The number of ether oxygens (including phenoxy) is 1. The van der Waals surface area contributed by atoms with Gasteiger partial charge in [0.2, 0.25) is 0 Å². The number of nitrogens with one attached hydrogen (secondary N) is 1. The first-order chi connectivity index (χ1) is 8.65. The Balaban J connectivity index is 1.92. The quantitative estimate of drug-likeness (QED) is 0.847. The molecule has 1 aromatic rings. The van der Waals surface area contributed by atoms with Crippen LogP contribution in [0.1, 0.15) is 58.1 Å². The first-order valence-corrected chi connectivity index (χ1v) is 7.18. The molecule has 0 aliphatic heterocycles. The molecule has 1 unspecified atom stereocenters. The lowest BCUT2D eigenvalue weighted by Gasteiger charge is -2.18. The standard InChI is InChI=1S/C16H25NO/c1-12(2)17-13(3)14-8-10-16(11-9-14)18-15-6-4-5-7-15/h8-13,15,17H,4-7H2,1-3H3. The van der Waals surface area contributed by atoms with Crippen LogP contribution in [0.4, 0.5) is 0 Å². The highest BCUT2D eigenvalue weighted by Gasteiger charge is 2.16. The van der Waals surface area contributed by atoms with Crippen molar-refractivity contribution in [3.05, 3.63) is 29.8 Å². The molecule has 1 atom stereocenters. The number of benzene rings is 1. The van der Waals surface area contributed by atoms with Gasteiger partial charge >= 0.3 is 0 Å². The van der Waals surface area contributed by atoms with E-state index in [2.05, 4.69) is 50.4 Å². The molecule has 0 saturated heterocycles. The first kappa shape index (κ1) is 13.4. The van der Waals surface area contributed by atoms with Gasteiger partial charge in [0.15, 0.2) is 0 Å². The molecule has 1 aromatic carbocycles.